The van der Waals surface area contributed by atoms with Crippen LogP contribution in [-0.4, -0.2) is 41.9 Å². The molecule has 1 unspecified atom stereocenters. The van der Waals surface area contributed by atoms with Crippen LogP contribution in [-0.2, 0) is 20.9 Å². The number of carbonyl (C=O) groups excluding carboxylic acids is 3. The Hall–Kier alpha value is -3.19. The summed E-state index contributed by atoms with van der Waals surface area (Å²) in [5.41, 5.74) is 6.80. The molecule has 0 saturated carbocycles. The van der Waals surface area contributed by atoms with Crippen LogP contribution in [0.2, 0.25) is 0 Å². The summed E-state index contributed by atoms with van der Waals surface area (Å²) in [6.07, 6.45) is 0.162. The molecule has 0 aromatic heterocycles. The molecule has 7 heteroatoms. The number of nitrogens with zero attached hydrogens (tertiary/aromatic N) is 1. The molecule has 2 amide bonds. The van der Waals surface area contributed by atoms with Crippen molar-refractivity contribution in [3.05, 3.63) is 66.2 Å². The van der Waals surface area contributed by atoms with Crippen molar-refractivity contribution in [2.75, 3.05) is 6.61 Å². The second-order valence-corrected chi connectivity index (χ2v) is 7.64. The molecule has 2 N–H and O–H groups in total. The highest BCUT2D eigenvalue weighted by Crippen LogP contribution is 2.15. The summed E-state index contributed by atoms with van der Waals surface area (Å²) in [5.74, 6) is 0.147. The van der Waals surface area contributed by atoms with E-state index in [2.05, 4.69) is 0 Å². The van der Waals surface area contributed by atoms with E-state index in [1.165, 1.54) is 0 Å². The predicted octanol–water partition coefficient (Wildman–Crippen LogP) is 3.56. The van der Waals surface area contributed by atoms with Gasteiger partial charge in [-0.25, -0.2) is 9.69 Å². The van der Waals surface area contributed by atoms with Crippen molar-refractivity contribution >= 4 is 18.3 Å². The van der Waals surface area contributed by atoms with Crippen molar-refractivity contribution in [3.63, 3.8) is 0 Å². The number of ether oxygens (including phenoxy) is 2. The molecular formula is C24H30N2O5. The molecule has 2 atom stereocenters. The van der Waals surface area contributed by atoms with Crippen molar-refractivity contribution < 1.29 is 23.9 Å². The average molecular weight is 427 g/mol. The number of amides is 2. The van der Waals surface area contributed by atoms with Gasteiger partial charge < -0.3 is 20.0 Å². The first-order valence-electron chi connectivity index (χ1n) is 10.3. The maximum Gasteiger partial charge on any atom is 0.417 e. The third kappa shape index (κ3) is 7.86. The minimum Gasteiger partial charge on any atom is -0.494 e. The lowest BCUT2D eigenvalue weighted by Crippen LogP contribution is -2.53. The van der Waals surface area contributed by atoms with E-state index < -0.39 is 24.1 Å². The summed E-state index contributed by atoms with van der Waals surface area (Å²) in [7, 11) is 0. The molecule has 7 nitrogen and oxygen atoms in total. The normalized spacial score (nSPS) is 12.6. The van der Waals surface area contributed by atoms with E-state index in [0.717, 1.165) is 10.5 Å². The average Bonchev–Trinajstić information content (AvgIpc) is 2.77. The molecule has 2 aromatic rings. The van der Waals surface area contributed by atoms with Crippen molar-refractivity contribution in [2.45, 2.75) is 45.4 Å². The molecule has 0 bridgehead atoms. The van der Waals surface area contributed by atoms with Crippen LogP contribution in [0.25, 0.3) is 0 Å². The van der Waals surface area contributed by atoms with Crippen molar-refractivity contribution in [1.29, 1.82) is 0 Å². The zero-order valence-electron chi connectivity index (χ0n) is 18.0. The van der Waals surface area contributed by atoms with E-state index in [1.54, 1.807) is 24.3 Å². The number of hydrogen-bond donors (Lipinski definition) is 1. The van der Waals surface area contributed by atoms with Gasteiger partial charge in [-0.15, -0.1) is 0 Å². The van der Waals surface area contributed by atoms with Crippen molar-refractivity contribution in [3.8, 4) is 5.75 Å². The first-order valence-corrected chi connectivity index (χ1v) is 10.3. The van der Waals surface area contributed by atoms with Gasteiger partial charge in [0.1, 0.15) is 24.7 Å². The van der Waals surface area contributed by atoms with Gasteiger partial charge in [0.25, 0.3) is 0 Å². The van der Waals surface area contributed by atoms with E-state index in [4.69, 9.17) is 15.2 Å². The molecule has 0 radical (unpaired) electrons. The van der Waals surface area contributed by atoms with Crippen LogP contribution in [0, 0.1) is 5.92 Å². The Morgan fingerprint density at radius 2 is 1.65 bits per heavy atom. The van der Waals surface area contributed by atoms with Gasteiger partial charge >= 0.3 is 6.09 Å². The van der Waals surface area contributed by atoms with E-state index >= 15 is 0 Å². The summed E-state index contributed by atoms with van der Waals surface area (Å²) in [4.78, 5) is 38.4. The maximum absolute atomic E-state index is 13.0. The number of hydrogen-bond acceptors (Lipinski definition) is 6. The fourth-order valence-corrected chi connectivity index (χ4v) is 3.04. The van der Waals surface area contributed by atoms with Crippen LogP contribution in [0.15, 0.2) is 60.7 Å². The van der Waals surface area contributed by atoms with E-state index in [0.29, 0.717) is 18.5 Å². The first kappa shape index (κ1) is 24.1. The molecule has 31 heavy (non-hydrogen) atoms. The summed E-state index contributed by atoms with van der Waals surface area (Å²) in [6, 6.07) is 16.2. The number of imide groups is 1. The number of para-hydroxylation sites is 1. The van der Waals surface area contributed by atoms with Gasteiger partial charge in [0.15, 0.2) is 0 Å². The van der Waals surface area contributed by atoms with Crippen LogP contribution in [0.4, 0.5) is 4.79 Å². The summed E-state index contributed by atoms with van der Waals surface area (Å²) in [5, 5.41) is 0. The highest BCUT2D eigenvalue weighted by molar-refractivity contribution is 5.97. The summed E-state index contributed by atoms with van der Waals surface area (Å²) >= 11 is 0. The van der Waals surface area contributed by atoms with Crippen LogP contribution in [0.3, 0.4) is 0 Å². The SMILES string of the molecule is CC(C)C[C@H](N)C(=O)N(C(=O)OCc1ccccc1)C(C=O)CCOc1ccccc1. The zero-order chi connectivity index (χ0) is 22.6. The Kier molecular flexibility index (Phi) is 9.71. The lowest BCUT2D eigenvalue weighted by atomic mass is 10.0. The first-order chi connectivity index (χ1) is 14.9. The second-order valence-electron chi connectivity index (χ2n) is 7.64. The number of nitrogens with two attached hydrogens (primary N) is 1. The van der Waals surface area contributed by atoms with Crippen molar-refractivity contribution in [1.82, 2.24) is 4.90 Å². The second kappa shape index (κ2) is 12.5. The minimum atomic E-state index is -1.04. The summed E-state index contributed by atoms with van der Waals surface area (Å²) in [6.45, 7) is 3.98. The molecular weight excluding hydrogens is 396 g/mol. The Morgan fingerprint density at radius 1 is 1.03 bits per heavy atom. The molecule has 0 saturated heterocycles. The Labute approximate surface area is 183 Å². The third-order valence-electron chi connectivity index (χ3n) is 4.60. The molecule has 0 aliphatic heterocycles. The van der Waals surface area contributed by atoms with Gasteiger partial charge in [0.2, 0.25) is 5.91 Å². The largest absolute Gasteiger partial charge is 0.494 e. The quantitative estimate of drug-likeness (QED) is 0.552. The zero-order valence-corrected chi connectivity index (χ0v) is 18.0. The van der Waals surface area contributed by atoms with E-state index in [1.807, 2.05) is 50.2 Å². The monoisotopic (exact) mass is 426 g/mol. The molecule has 166 valence electrons. The van der Waals surface area contributed by atoms with Gasteiger partial charge in [-0.1, -0.05) is 62.4 Å². The van der Waals surface area contributed by atoms with Crippen LogP contribution in [0.1, 0.15) is 32.3 Å². The number of aldehydes is 1. The fourth-order valence-electron chi connectivity index (χ4n) is 3.04. The fraction of sp³-hybridized carbons (Fsp3) is 0.375. The molecule has 0 aliphatic carbocycles. The minimum absolute atomic E-state index is 0.0189. The van der Waals surface area contributed by atoms with Gasteiger partial charge in [0.05, 0.1) is 12.6 Å². The number of carbonyl (C=O) groups is 3. The highest BCUT2D eigenvalue weighted by atomic mass is 16.6. The van der Waals surface area contributed by atoms with Crippen LogP contribution >= 0.6 is 0 Å². The molecule has 0 aliphatic rings. The number of rotatable bonds is 11. The van der Waals surface area contributed by atoms with Gasteiger partial charge in [-0.2, -0.15) is 0 Å². The van der Waals surface area contributed by atoms with Gasteiger partial charge in [-0.05, 0) is 30.0 Å². The lowest BCUT2D eigenvalue weighted by Gasteiger charge is -2.28. The third-order valence-corrected chi connectivity index (χ3v) is 4.60. The molecule has 0 spiro atoms. The Balaban J connectivity index is 2.10. The van der Waals surface area contributed by atoms with Crippen LogP contribution in [0.5, 0.6) is 5.75 Å². The topological polar surface area (TPSA) is 98.9 Å². The van der Waals surface area contributed by atoms with E-state index in [9.17, 15) is 14.4 Å². The van der Waals surface area contributed by atoms with E-state index in [-0.39, 0.29) is 25.6 Å². The highest BCUT2D eigenvalue weighted by Gasteiger charge is 2.34. The molecule has 0 heterocycles. The maximum atomic E-state index is 13.0. The predicted molar refractivity (Wildman–Crippen MR) is 117 cm³/mol. The molecule has 2 rings (SSSR count). The Bertz CT molecular complexity index is 826. The smallest absolute Gasteiger partial charge is 0.417 e. The van der Waals surface area contributed by atoms with Crippen molar-refractivity contribution in [2.24, 2.45) is 11.7 Å². The lowest BCUT2D eigenvalue weighted by molar-refractivity contribution is -0.136. The molecule has 0 fully saturated rings. The number of benzene rings is 2. The standard InChI is InChI=1S/C24H30N2O5/c1-18(2)15-22(25)23(28)26(24(29)31-17-19-9-5-3-6-10-19)20(16-27)13-14-30-21-11-7-4-8-12-21/h3-12,16,18,20,22H,13-15,17,25H2,1-2H3/t20?,22-/m0/s1. The molecule has 2 aromatic carbocycles. The van der Waals surface area contributed by atoms with Gasteiger partial charge in [0, 0.05) is 6.42 Å². The van der Waals surface area contributed by atoms with Crippen LogP contribution < -0.4 is 10.5 Å². The van der Waals surface area contributed by atoms with Gasteiger partial charge in [-0.3, -0.25) is 4.79 Å². The summed E-state index contributed by atoms with van der Waals surface area (Å²) < 4.78 is 10.9. The Morgan fingerprint density at radius 3 is 2.23 bits per heavy atom.